The molecule has 0 bridgehead atoms. The molecule has 1 heterocycles. The third kappa shape index (κ3) is 3.53. The zero-order chi connectivity index (χ0) is 21.5. The second kappa shape index (κ2) is 8.00. The van der Waals surface area contributed by atoms with E-state index < -0.39 is 0 Å². The summed E-state index contributed by atoms with van der Waals surface area (Å²) in [6.45, 7) is 0. The van der Waals surface area contributed by atoms with E-state index in [9.17, 15) is 0 Å². The van der Waals surface area contributed by atoms with E-state index in [0.29, 0.717) is 0 Å². The quantitative estimate of drug-likeness (QED) is 0.291. The lowest BCUT2D eigenvalue weighted by atomic mass is 9.89. The number of H-pyrrole nitrogens is 1. The summed E-state index contributed by atoms with van der Waals surface area (Å²) in [5.74, 6) is 0. The molecule has 1 nitrogen and oxygen atoms in total. The lowest BCUT2D eigenvalue weighted by Crippen LogP contribution is -1.94. The molecule has 5 aromatic rings. The van der Waals surface area contributed by atoms with Gasteiger partial charge in [-0.25, -0.2) is 0 Å². The molecule has 1 N–H and O–H groups in total. The lowest BCUT2D eigenvalue weighted by molar-refractivity contribution is 0.742. The molecule has 0 amide bonds. The monoisotopic (exact) mass is 433 g/mol. The fourth-order valence-corrected chi connectivity index (χ4v) is 5.10. The van der Waals surface area contributed by atoms with Crippen molar-refractivity contribution in [3.63, 3.8) is 0 Å². The predicted molar refractivity (Wildman–Crippen MR) is 138 cm³/mol. The fraction of sp³-hybridized carbons (Fsp3) is 0.133. The Morgan fingerprint density at radius 3 is 2.09 bits per heavy atom. The van der Waals surface area contributed by atoms with Crippen LogP contribution in [0.15, 0.2) is 91.0 Å². The highest BCUT2D eigenvalue weighted by Gasteiger charge is 2.12. The Hall–Kier alpha value is -3.29. The van der Waals surface area contributed by atoms with E-state index in [-0.39, 0.29) is 0 Å². The third-order valence-corrected chi connectivity index (χ3v) is 6.83. The van der Waals surface area contributed by atoms with Crippen LogP contribution in [0.5, 0.6) is 0 Å². The van der Waals surface area contributed by atoms with Crippen LogP contribution in [0.2, 0.25) is 5.02 Å². The average Bonchev–Trinajstić information content (AvgIpc) is 3.22. The van der Waals surface area contributed by atoms with Crippen LogP contribution in [0.3, 0.4) is 0 Å². The maximum atomic E-state index is 6.31. The van der Waals surface area contributed by atoms with Crippen LogP contribution >= 0.6 is 11.6 Å². The molecule has 0 spiro atoms. The van der Waals surface area contributed by atoms with Gasteiger partial charge in [-0.2, -0.15) is 0 Å². The van der Waals surface area contributed by atoms with Crippen molar-refractivity contribution < 1.29 is 0 Å². The Balaban J connectivity index is 1.55. The van der Waals surface area contributed by atoms with Gasteiger partial charge in [0, 0.05) is 26.8 Å². The van der Waals surface area contributed by atoms with Crippen LogP contribution < -0.4 is 0 Å². The van der Waals surface area contributed by atoms with Crippen LogP contribution in [0.1, 0.15) is 31.2 Å². The second-order valence-electron chi connectivity index (χ2n) is 8.72. The summed E-state index contributed by atoms with van der Waals surface area (Å²) in [6, 6.07) is 30.5. The molecule has 0 saturated carbocycles. The molecule has 0 saturated heterocycles. The lowest BCUT2D eigenvalue weighted by Gasteiger charge is -2.16. The van der Waals surface area contributed by atoms with E-state index in [1.165, 1.54) is 63.4 Å². The highest BCUT2D eigenvalue weighted by molar-refractivity contribution is 6.31. The zero-order valence-corrected chi connectivity index (χ0v) is 18.6. The Bertz CT molecular complexity index is 1470. The van der Waals surface area contributed by atoms with Crippen molar-refractivity contribution >= 4 is 39.0 Å². The summed E-state index contributed by atoms with van der Waals surface area (Å²) in [6.07, 6.45) is 7.36. The molecule has 1 aliphatic carbocycles. The number of fused-ring (bicyclic) bond motifs is 3. The maximum Gasteiger partial charge on any atom is 0.0465 e. The fourth-order valence-electron chi connectivity index (χ4n) is 4.93. The number of hydrogen-bond acceptors (Lipinski definition) is 0. The minimum atomic E-state index is 0.765. The van der Waals surface area contributed by atoms with Gasteiger partial charge in [0.25, 0.3) is 0 Å². The molecular weight excluding hydrogens is 410 g/mol. The minimum absolute atomic E-state index is 0.765. The van der Waals surface area contributed by atoms with Crippen LogP contribution in [0.4, 0.5) is 0 Å². The van der Waals surface area contributed by atoms with Gasteiger partial charge in [-0.05, 0) is 108 Å². The minimum Gasteiger partial charge on any atom is -0.355 e. The number of allylic oxidation sites excluding steroid dienone is 2. The summed E-state index contributed by atoms with van der Waals surface area (Å²) >= 11 is 6.31. The first-order valence-electron chi connectivity index (χ1n) is 11.4. The number of aromatic nitrogens is 1. The largest absolute Gasteiger partial charge is 0.355 e. The van der Waals surface area contributed by atoms with Crippen molar-refractivity contribution in [3.05, 3.63) is 102 Å². The van der Waals surface area contributed by atoms with Crippen molar-refractivity contribution in [2.24, 2.45) is 0 Å². The molecule has 0 aliphatic heterocycles. The van der Waals surface area contributed by atoms with Crippen molar-refractivity contribution in [1.82, 2.24) is 4.98 Å². The molecule has 32 heavy (non-hydrogen) atoms. The highest BCUT2D eigenvalue weighted by atomic mass is 35.5. The summed E-state index contributed by atoms with van der Waals surface area (Å²) in [5.41, 5.74) is 10.1. The number of aromatic amines is 1. The maximum absolute atomic E-state index is 6.31. The molecule has 0 atom stereocenters. The van der Waals surface area contributed by atoms with E-state index in [4.69, 9.17) is 11.6 Å². The standard InChI is InChI=1S/C30H24ClN/c31-26-12-14-30-28(19-26)27-18-22(11-13-29(27)32-30)25-16-23(20-7-3-1-4-8-20)15-24(17-25)21-9-5-2-6-10-21/h1,3-4,7-9,11-19,32H,2,5-6,10H2. The molecule has 0 fully saturated rings. The first-order chi connectivity index (χ1) is 15.7. The number of hydrogen-bond donors (Lipinski definition) is 1. The number of rotatable bonds is 3. The Morgan fingerprint density at radius 2 is 1.31 bits per heavy atom. The summed E-state index contributed by atoms with van der Waals surface area (Å²) in [4.78, 5) is 3.52. The smallest absolute Gasteiger partial charge is 0.0465 e. The van der Waals surface area contributed by atoms with Crippen LogP contribution in [-0.2, 0) is 0 Å². The summed E-state index contributed by atoms with van der Waals surface area (Å²) in [7, 11) is 0. The highest BCUT2D eigenvalue weighted by Crippen LogP contribution is 2.36. The van der Waals surface area contributed by atoms with Crippen molar-refractivity contribution in [1.29, 1.82) is 0 Å². The van der Waals surface area contributed by atoms with Gasteiger partial charge in [0.05, 0.1) is 0 Å². The van der Waals surface area contributed by atoms with E-state index in [1.54, 1.807) is 0 Å². The van der Waals surface area contributed by atoms with Gasteiger partial charge < -0.3 is 4.98 Å². The SMILES string of the molecule is Clc1ccc2[nH]c3ccc(-c4cc(C5=CCCCC5)cc(-c5ccccc5)c4)cc3c2c1. The molecule has 1 aromatic heterocycles. The van der Waals surface area contributed by atoms with Gasteiger partial charge in [-0.1, -0.05) is 54.1 Å². The Kier molecular flexibility index (Phi) is 4.85. The molecule has 0 radical (unpaired) electrons. The van der Waals surface area contributed by atoms with Crippen LogP contribution in [-0.4, -0.2) is 4.98 Å². The van der Waals surface area contributed by atoms with E-state index in [2.05, 4.69) is 89.9 Å². The van der Waals surface area contributed by atoms with Gasteiger partial charge >= 0.3 is 0 Å². The predicted octanol–water partition coefficient (Wildman–Crippen LogP) is 9.27. The molecule has 1 aliphatic rings. The Morgan fingerprint density at radius 1 is 0.594 bits per heavy atom. The Labute approximate surface area is 193 Å². The van der Waals surface area contributed by atoms with Crippen LogP contribution in [0.25, 0.3) is 49.6 Å². The van der Waals surface area contributed by atoms with E-state index in [1.807, 2.05) is 6.07 Å². The number of nitrogens with one attached hydrogen (secondary N) is 1. The van der Waals surface area contributed by atoms with Crippen molar-refractivity contribution in [2.45, 2.75) is 25.7 Å². The van der Waals surface area contributed by atoms with Crippen molar-refractivity contribution in [3.8, 4) is 22.3 Å². The van der Waals surface area contributed by atoms with E-state index in [0.717, 1.165) is 22.5 Å². The van der Waals surface area contributed by atoms with Gasteiger partial charge in [-0.15, -0.1) is 0 Å². The first-order valence-corrected chi connectivity index (χ1v) is 11.7. The topological polar surface area (TPSA) is 15.8 Å². The first kappa shape index (κ1) is 19.4. The molecule has 6 rings (SSSR count). The third-order valence-electron chi connectivity index (χ3n) is 6.60. The molecule has 0 unspecified atom stereocenters. The van der Waals surface area contributed by atoms with Gasteiger partial charge in [0.2, 0.25) is 0 Å². The molecule has 156 valence electrons. The van der Waals surface area contributed by atoms with Gasteiger partial charge in [0.15, 0.2) is 0 Å². The number of halogens is 1. The van der Waals surface area contributed by atoms with E-state index >= 15 is 0 Å². The average molecular weight is 434 g/mol. The van der Waals surface area contributed by atoms with Gasteiger partial charge in [-0.3, -0.25) is 0 Å². The zero-order valence-electron chi connectivity index (χ0n) is 17.9. The number of benzene rings is 4. The summed E-state index contributed by atoms with van der Waals surface area (Å²) in [5, 5.41) is 3.15. The van der Waals surface area contributed by atoms with Gasteiger partial charge in [0.1, 0.15) is 0 Å². The summed E-state index contributed by atoms with van der Waals surface area (Å²) < 4.78 is 0. The normalized spacial score (nSPS) is 14.1. The second-order valence-corrected chi connectivity index (χ2v) is 9.15. The van der Waals surface area contributed by atoms with Crippen molar-refractivity contribution in [2.75, 3.05) is 0 Å². The molecule has 2 heteroatoms. The molecule has 4 aromatic carbocycles. The molecular formula is C30H24ClN. The van der Waals surface area contributed by atoms with Crippen LogP contribution in [0, 0.1) is 0 Å².